The molecule has 4 rings (SSSR count). The van der Waals surface area contributed by atoms with Crippen molar-refractivity contribution in [3.05, 3.63) is 66.5 Å². The second-order valence-corrected chi connectivity index (χ2v) is 7.71. The number of halogens is 1. The summed E-state index contributed by atoms with van der Waals surface area (Å²) in [5, 5.41) is 3.18. The first-order valence-corrected chi connectivity index (χ1v) is 10.7. The van der Waals surface area contributed by atoms with Crippen LogP contribution in [-0.2, 0) is 9.53 Å². The highest BCUT2D eigenvalue weighted by molar-refractivity contribution is 5.77. The Labute approximate surface area is 186 Å². The Morgan fingerprint density at radius 2 is 2.03 bits per heavy atom. The third-order valence-electron chi connectivity index (χ3n) is 5.46. The lowest BCUT2D eigenvalue weighted by Crippen LogP contribution is -2.39. The lowest BCUT2D eigenvalue weighted by molar-refractivity contribution is -0.136. The summed E-state index contributed by atoms with van der Waals surface area (Å²) < 4.78 is 18.8. The quantitative estimate of drug-likeness (QED) is 0.588. The Morgan fingerprint density at radius 3 is 2.81 bits per heavy atom. The van der Waals surface area contributed by atoms with E-state index >= 15 is 0 Å². The van der Waals surface area contributed by atoms with E-state index in [1.165, 1.54) is 12.1 Å². The molecule has 1 fully saturated rings. The average Bonchev–Trinajstić information content (AvgIpc) is 2.83. The molecule has 32 heavy (non-hydrogen) atoms. The van der Waals surface area contributed by atoms with Crippen molar-refractivity contribution in [2.24, 2.45) is 0 Å². The number of rotatable bonds is 7. The molecule has 3 aromatic rings. The molecule has 0 bridgehead atoms. The summed E-state index contributed by atoms with van der Waals surface area (Å²) in [7, 11) is 1.59. The molecule has 8 heteroatoms. The van der Waals surface area contributed by atoms with Crippen molar-refractivity contribution in [2.45, 2.75) is 31.7 Å². The minimum absolute atomic E-state index is 0.0362. The number of piperidine rings is 1. The molecule has 1 aliphatic rings. The second kappa shape index (κ2) is 10.3. The van der Waals surface area contributed by atoms with Crippen molar-refractivity contribution in [1.29, 1.82) is 0 Å². The van der Waals surface area contributed by atoms with Crippen LogP contribution >= 0.6 is 0 Å². The number of hydrogen-bond donors (Lipinski definition) is 1. The SMILES string of the molecule is COCCC(=O)N1CCCC[C@@H]1c1nc(Nc2cccc(F)c2)cc(-c2ccncc2)n1. The van der Waals surface area contributed by atoms with E-state index in [0.717, 1.165) is 24.8 Å². The Morgan fingerprint density at radius 1 is 1.19 bits per heavy atom. The van der Waals surface area contributed by atoms with Crippen molar-refractivity contribution < 1.29 is 13.9 Å². The number of methoxy groups -OCH3 is 1. The number of aromatic nitrogens is 3. The molecule has 0 saturated carbocycles. The average molecular weight is 436 g/mol. The van der Waals surface area contributed by atoms with Gasteiger partial charge in [-0.05, 0) is 49.6 Å². The Bertz CT molecular complexity index is 1060. The highest BCUT2D eigenvalue weighted by Gasteiger charge is 2.30. The smallest absolute Gasteiger partial charge is 0.225 e. The van der Waals surface area contributed by atoms with Crippen molar-refractivity contribution >= 4 is 17.4 Å². The van der Waals surface area contributed by atoms with Crippen LogP contribution in [0.3, 0.4) is 0 Å². The standard InChI is InChI=1S/C24H26FN5O2/c1-32-14-10-23(31)30-13-3-2-7-21(30)24-28-20(17-8-11-26-12-9-17)16-22(29-24)27-19-6-4-5-18(25)15-19/h4-6,8-9,11-12,15-16,21H,2-3,7,10,13-14H2,1H3,(H,27,28,29)/t21-/m1/s1. The van der Waals surface area contributed by atoms with Crippen molar-refractivity contribution in [3.63, 3.8) is 0 Å². The topological polar surface area (TPSA) is 80.2 Å². The van der Waals surface area contributed by atoms with E-state index in [1.807, 2.05) is 23.1 Å². The zero-order valence-corrected chi connectivity index (χ0v) is 18.0. The van der Waals surface area contributed by atoms with Gasteiger partial charge in [0.1, 0.15) is 11.6 Å². The molecule has 1 aliphatic heterocycles. The Kier molecular flexibility index (Phi) is 7.01. The minimum atomic E-state index is -0.333. The number of carbonyl (C=O) groups excluding carboxylic acids is 1. The number of nitrogens with one attached hydrogen (secondary N) is 1. The van der Waals surface area contributed by atoms with E-state index < -0.39 is 0 Å². The normalized spacial score (nSPS) is 16.1. The first-order chi connectivity index (χ1) is 15.6. The van der Waals surface area contributed by atoms with Gasteiger partial charge in [-0.15, -0.1) is 0 Å². The monoisotopic (exact) mass is 435 g/mol. The molecule has 7 nitrogen and oxygen atoms in total. The van der Waals surface area contributed by atoms with Gasteiger partial charge in [0.15, 0.2) is 5.82 Å². The zero-order valence-electron chi connectivity index (χ0n) is 18.0. The molecule has 0 aliphatic carbocycles. The van der Waals surface area contributed by atoms with Crippen LogP contribution in [0.2, 0.25) is 0 Å². The van der Waals surface area contributed by atoms with Crippen LogP contribution < -0.4 is 5.32 Å². The van der Waals surface area contributed by atoms with E-state index in [4.69, 9.17) is 14.7 Å². The number of pyridine rings is 1. The predicted molar refractivity (Wildman–Crippen MR) is 120 cm³/mol. The number of likely N-dealkylation sites (tertiary alicyclic amines) is 1. The predicted octanol–water partition coefficient (Wildman–Crippen LogP) is 4.51. The van der Waals surface area contributed by atoms with Crippen LogP contribution in [0.25, 0.3) is 11.3 Å². The number of nitrogens with zero attached hydrogens (tertiary/aromatic N) is 4. The Hall–Kier alpha value is -3.39. The molecule has 1 atom stereocenters. The van der Waals surface area contributed by atoms with Crippen LogP contribution in [0.4, 0.5) is 15.9 Å². The summed E-state index contributed by atoms with van der Waals surface area (Å²) in [6.45, 7) is 1.05. The summed E-state index contributed by atoms with van der Waals surface area (Å²) in [6.07, 6.45) is 6.47. The van der Waals surface area contributed by atoms with Gasteiger partial charge in [-0.1, -0.05) is 6.07 Å². The van der Waals surface area contributed by atoms with E-state index in [-0.39, 0.29) is 17.8 Å². The van der Waals surface area contributed by atoms with Crippen LogP contribution in [0.15, 0.2) is 54.9 Å². The number of amides is 1. The van der Waals surface area contributed by atoms with Crippen molar-refractivity contribution in [3.8, 4) is 11.3 Å². The third-order valence-corrected chi connectivity index (χ3v) is 5.46. The van der Waals surface area contributed by atoms with Crippen LogP contribution in [0, 0.1) is 5.82 Å². The highest BCUT2D eigenvalue weighted by Crippen LogP contribution is 2.32. The molecule has 166 valence electrons. The van der Waals surface area contributed by atoms with E-state index in [1.54, 1.807) is 31.6 Å². The lowest BCUT2D eigenvalue weighted by atomic mass is 10.0. The van der Waals surface area contributed by atoms with E-state index in [2.05, 4.69) is 10.3 Å². The third kappa shape index (κ3) is 5.26. The number of carbonyl (C=O) groups is 1. The van der Waals surface area contributed by atoms with Crippen molar-refractivity contribution in [2.75, 3.05) is 25.6 Å². The van der Waals surface area contributed by atoms with E-state index in [9.17, 15) is 9.18 Å². The second-order valence-electron chi connectivity index (χ2n) is 7.71. The van der Waals surface area contributed by atoms with Crippen LogP contribution in [-0.4, -0.2) is 46.0 Å². The maximum atomic E-state index is 13.7. The maximum absolute atomic E-state index is 13.7. The molecule has 2 aromatic heterocycles. The van der Waals surface area contributed by atoms with Gasteiger partial charge in [0.25, 0.3) is 0 Å². The molecule has 0 unspecified atom stereocenters. The fourth-order valence-electron chi connectivity index (χ4n) is 3.90. The highest BCUT2D eigenvalue weighted by atomic mass is 19.1. The Balaban J connectivity index is 1.71. The van der Waals surface area contributed by atoms with Crippen molar-refractivity contribution in [1.82, 2.24) is 19.9 Å². The first kappa shape index (κ1) is 21.8. The molecule has 0 spiro atoms. The zero-order chi connectivity index (χ0) is 22.3. The molecule has 1 aromatic carbocycles. The molecule has 1 N–H and O–H groups in total. The minimum Gasteiger partial charge on any atom is -0.384 e. The molecular formula is C24H26FN5O2. The van der Waals surface area contributed by atoms with Gasteiger partial charge in [0.2, 0.25) is 5.91 Å². The summed E-state index contributed by atoms with van der Waals surface area (Å²) in [5.74, 6) is 0.820. The largest absolute Gasteiger partial charge is 0.384 e. The number of hydrogen-bond acceptors (Lipinski definition) is 6. The summed E-state index contributed by atoms with van der Waals surface area (Å²) >= 11 is 0. The van der Waals surface area contributed by atoms with Gasteiger partial charge < -0.3 is 15.0 Å². The number of ether oxygens (including phenoxy) is 1. The number of anilines is 2. The van der Waals surface area contributed by atoms with Gasteiger partial charge in [-0.2, -0.15) is 0 Å². The maximum Gasteiger partial charge on any atom is 0.225 e. The number of benzene rings is 1. The summed E-state index contributed by atoms with van der Waals surface area (Å²) in [4.78, 5) is 28.3. The van der Waals surface area contributed by atoms with Crippen LogP contribution in [0.5, 0.6) is 0 Å². The van der Waals surface area contributed by atoms with Gasteiger partial charge in [0, 0.05) is 43.4 Å². The van der Waals surface area contributed by atoms with Gasteiger partial charge >= 0.3 is 0 Å². The fraction of sp³-hybridized carbons (Fsp3) is 0.333. The molecule has 0 radical (unpaired) electrons. The van der Waals surface area contributed by atoms with E-state index in [0.29, 0.717) is 42.6 Å². The van der Waals surface area contributed by atoms with Crippen LogP contribution in [0.1, 0.15) is 37.5 Å². The summed E-state index contributed by atoms with van der Waals surface area (Å²) in [6, 6.07) is 11.6. The molecular weight excluding hydrogens is 409 g/mol. The fourth-order valence-corrected chi connectivity index (χ4v) is 3.90. The van der Waals surface area contributed by atoms with Gasteiger partial charge in [0.05, 0.1) is 24.8 Å². The lowest BCUT2D eigenvalue weighted by Gasteiger charge is -2.35. The summed E-state index contributed by atoms with van der Waals surface area (Å²) in [5.41, 5.74) is 2.19. The molecule has 3 heterocycles. The first-order valence-electron chi connectivity index (χ1n) is 10.7. The molecule has 1 amide bonds. The van der Waals surface area contributed by atoms with Gasteiger partial charge in [-0.3, -0.25) is 9.78 Å². The molecule has 1 saturated heterocycles. The van der Waals surface area contributed by atoms with Gasteiger partial charge in [-0.25, -0.2) is 14.4 Å².